The topological polar surface area (TPSA) is 59.8 Å². The van der Waals surface area contributed by atoms with Crippen LogP contribution in [0, 0.1) is 0 Å². The van der Waals surface area contributed by atoms with E-state index in [0.29, 0.717) is 0 Å². The standard InChI is InChI=1S/C13H21N3O2/c1-11(18)12-2-3-13(14-10-12)16-6-4-15(5-7-16)8-9-17/h2-3,10-11,17-18H,4-9H2,1H3. The zero-order chi connectivity index (χ0) is 13.0. The van der Waals surface area contributed by atoms with E-state index < -0.39 is 6.10 Å². The Morgan fingerprint density at radius 2 is 2.00 bits per heavy atom. The van der Waals surface area contributed by atoms with Gasteiger partial charge in [-0.1, -0.05) is 6.07 Å². The summed E-state index contributed by atoms with van der Waals surface area (Å²) in [5, 5.41) is 18.3. The molecule has 1 atom stereocenters. The fourth-order valence-electron chi connectivity index (χ4n) is 2.17. The molecule has 5 heteroatoms. The quantitative estimate of drug-likeness (QED) is 0.803. The van der Waals surface area contributed by atoms with Gasteiger partial charge in [0, 0.05) is 38.9 Å². The van der Waals surface area contributed by atoms with E-state index in [1.165, 1.54) is 0 Å². The van der Waals surface area contributed by atoms with Crippen molar-refractivity contribution in [3.05, 3.63) is 23.9 Å². The minimum atomic E-state index is -0.465. The van der Waals surface area contributed by atoms with E-state index in [0.717, 1.165) is 44.1 Å². The number of aromatic nitrogens is 1. The first-order valence-corrected chi connectivity index (χ1v) is 6.43. The maximum absolute atomic E-state index is 9.43. The highest BCUT2D eigenvalue weighted by Crippen LogP contribution is 2.17. The number of rotatable bonds is 4. The second-order valence-corrected chi connectivity index (χ2v) is 4.68. The van der Waals surface area contributed by atoms with Crippen LogP contribution in [-0.2, 0) is 0 Å². The lowest BCUT2D eigenvalue weighted by Gasteiger charge is -2.35. The molecule has 1 aliphatic heterocycles. The summed E-state index contributed by atoms with van der Waals surface area (Å²) < 4.78 is 0. The van der Waals surface area contributed by atoms with Gasteiger partial charge < -0.3 is 15.1 Å². The molecule has 1 aromatic rings. The fraction of sp³-hybridized carbons (Fsp3) is 0.615. The first kappa shape index (κ1) is 13.3. The van der Waals surface area contributed by atoms with Crippen molar-refractivity contribution in [2.75, 3.05) is 44.2 Å². The predicted octanol–water partition coefficient (Wildman–Crippen LogP) is 0.249. The number of hydrogen-bond donors (Lipinski definition) is 2. The molecule has 0 spiro atoms. The van der Waals surface area contributed by atoms with Crippen LogP contribution in [0.3, 0.4) is 0 Å². The zero-order valence-electron chi connectivity index (χ0n) is 10.8. The monoisotopic (exact) mass is 251 g/mol. The van der Waals surface area contributed by atoms with Gasteiger partial charge in [-0.15, -0.1) is 0 Å². The van der Waals surface area contributed by atoms with Crippen molar-refractivity contribution in [3.8, 4) is 0 Å². The molecule has 1 saturated heterocycles. The summed E-state index contributed by atoms with van der Waals surface area (Å²) in [4.78, 5) is 8.88. The fourth-order valence-corrected chi connectivity index (χ4v) is 2.17. The van der Waals surface area contributed by atoms with Crippen LogP contribution in [0.25, 0.3) is 0 Å². The van der Waals surface area contributed by atoms with Crippen molar-refractivity contribution in [1.82, 2.24) is 9.88 Å². The van der Waals surface area contributed by atoms with Crippen LogP contribution < -0.4 is 4.90 Å². The van der Waals surface area contributed by atoms with Gasteiger partial charge in [0.1, 0.15) is 5.82 Å². The third-order valence-electron chi connectivity index (χ3n) is 3.37. The molecule has 100 valence electrons. The number of hydrogen-bond acceptors (Lipinski definition) is 5. The van der Waals surface area contributed by atoms with Gasteiger partial charge in [-0.05, 0) is 18.6 Å². The van der Waals surface area contributed by atoms with E-state index >= 15 is 0 Å². The number of aliphatic hydroxyl groups is 2. The van der Waals surface area contributed by atoms with Gasteiger partial charge in [-0.2, -0.15) is 0 Å². The zero-order valence-corrected chi connectivity index (χ0v) is 10.8. The van der Waals surface area contributed by atoms with E-state index in [9.17, 15) is 5.11 Å². The Morgan fingerprint density at radius 3 is 2.50 bits per heavy atom. The molecular formula is C13H21N3O2. The van der Waals surface area contributed by atoms with Gasteiger partial charge in [-0.3, -0.25) is 4.90 Å². The normalized spacial score (nSPS) is 18.9. The number of piperazine rings is 1. The van der Waals surface area contributed by atoms with Gasteiger partial charge in [-0.25, -0.2) is 4.98 Å². The second-order valence-electron chi connectivity index (χ2n) is 4.68. The summed E-state index contributed by atoms with van der Waals surface area (Å²) in [6, 6.07) is 3.89. The molecule has 2 N–H and O–H groups in total. The van der Waals surface area contributed by atoms with Crippen molar-refractivity contribution < 1.29 is 10.2 Å². The average molecular weight is 251 g/mol. The third kappa shape index (κ3) is 3.19. The number of nitrogens with zero attached hydrogens (tertiary/aromatic N) is 3. The highest BCUT2D eigenvalue weighted by molar-refractivity contribution is 5.40. The van der Waals surface area contributed by atoms with Crippen LogP contribution in [0.15, 0.2) is 18.3 Å². The van der Waals surface area contributed by atoms with Gasteiger partial charge >= 0.3 is 0 Å². The van der Waals surface area contributed by atoms with E-state index in [4.69, 9.17) is 5.11 Å². The van der Waals surface area contributed by atoms with Crippen molar-refractivity contribution >= 4 is 5.82 Å². The molecule has 2 rings (SSSR count). The summed E-state index contributed by atoms with van der Waals surface area (Å²) in [7, 11) is 0. The molecule has 5 nitrogen and oxygen atoms in total. The molecule has 0 radical (unpaired) electrons. The Kier molecular flexibility index (Phi) is 4.52. The number of aliphatic hydroxyl groups excluding tert-OH is 2. The van der Waals surface area contributed by atoms with E-state index in [1.54, 1.807) is 13.1 Å². The first-order valence-electron chi connectivity index (χ1n) is 6.43. The summed E-state index contributed by atoms with van der Waals surface area (Å²) in [6.45, 7) is 6.50. The third-order valence-corrected chi connectivity index (χ3v) is 3.37. The molecule has 0 saturated carbocycles. The largest absolute Gasteiger partial charge is 0.395 e. The summed E-state index contributed by atoms with van der Waals surface area (Å²) in [6.07, 6.45) is 1.27. The van der Waals surface area contributed by atoms with Crippen LogP contribution in [-0.4, -0.2) is 59.4 Å². The van der Waals surface area contributed by atoms with Crippen LogP contribution in [0.2, 0.25) is 0 Å². The first-order chi connectivity index (χ1) is 8.70. The van der Waals surface area contributed by atoms with Crippen molar-refractivity contribution in [2.45, 2.75) is 13.0 Å². The molecule has 1 aliphatic rings. The summed E-state index contributed by atoms with van der Waals surface area (Å²) >= 11 is 0. The number of β-amino-alcohol motifs (C(OH)–C–C–N with tert-alkyl or cyclic N) is 1. The Labute approximate surface area is 108 Å². The Morgan fingerprint density at radius 1 is 1.28 bits per heavy atom. The number of pyridine rings is 1. The Balaban J connectivity index is 1.93. The van der Waals surface area contributed by atoms with Crippen molar-refractivity contribution in [1.29, 1.82) is 0 Å². The van der Waals surface area contributed by atoms with Gasteiger partial charge in [0.25, 0.3) is 0 Å². The maximum Gasteiger partial charge on any atom is 0.128 e. The van der Waals surface area contributed by atoms with E-state index in [2.05, 4.69) is 14.8 Å². The SMILES string of the molecule is CC(O)c1ccc(N2CCN(CCO)CC2)nc1. The van der Waals surface area contributed by atoms with Crippen LogP contribution >= 0.6 is 0 Å². The van der Waals surface area contributed by atoms with Crippen LogP contribution in [0.4, 0.5) is 5.82 Å². The molecule has 1 fully saturated rings. The van der Waals surface area contributed by atoms with Crippen LogP contribution in [0.5, 0.6) is 0 Å². The van der Waals surface area contributed by atoms with Crippen LogP contribution in [0.1, 0.15) is 18.6 Å². The van der Waals surface area contributed by atoms with Gasteiger partial charge in [0.2, 0.25) is 0 Å². The molecule has 18 heavy (non-hydrogen) atoms. The molecular weight excluding hydrogens is 230 g/mol. The lowest BCUT2D eigenvalue weighted by atomic mass is 10.2. The van der Waals surface area contributed by atoms with Crippen molar-refractivity contribution in [3.63, 3.8) is 0 Å². The average Bonchev–Trinajstić information content (AvgIpc) is 2.40. The summed E-state index contributed by atoms with van der Waals surface area (Å²) in [5.74, 6) is 0.961. The minimum absolute atomic E-state index is 0.224. The number of anilines is 1. The molecule has 1 aromatic heterocycles. The molecule has 0 bridgehead atoms. The lowest BCUT2D eigenvalue weighted by molar-refractivity contribution is 0.188. The summed E-state index contributed by atoms with van der Waals surface area (Å²) in [5.41, 5.74) is 0.845. The molecule has 2 heterocycles. The van der Waals surface area contributed by atoms with E-state index in [-0.39, 0.29) is 6.61 Å². The lowest BCUT2D eigenvalue weighted by Crippen LogP contribution is -2.47. The van der Waals surface area contributed by atoms with Gasteiger partial charge in [0.05, 0.1) is 12.7 Å². The maximum atomic E-state index is 9.43. The van der Waals surface area contributed by atoms with Gasteiger partial charge in [0.15, 0.2) is 0 Å². The highest BCUT2D eigenvalue weighted by atomic mass is 16.3. The Hall–Kier alpha value is -1.17. The highest BCUT2D eigenvalue weighted by Gasteiger charge is 2.17. The molecule has 1 unspecified atom stereocenters. The molecule has 0 aliphatic carbocycles. The second kappa shape index (κ2) is 6.13. The molecule has 0 amide bonds. The van der Waals surface area contributed by atoms with Crippen molar-refractivity contribution in [2.24, 2.45) is 0 Å². The minimum Gasteiger partial charge on any atom is -0.395 e. The smallest absolute Gasteiger partial charge is 0.128 e. The predicted molar refractivity (Wildman–Crippen MR) is 70.6 cm³/mol. The Bertz CT molecular complexity index is 359. The molecule has 0 aromatic carbocycles. The van der Waals surface area contributed by atoms with E-state index in [1.807, 2.05) is 12.1 Å².